The van der Waals surface area contributed by atoms with Gasteiger partial charge in [-0.25, -0.2) is 4.98 Å². The van der Waals surface area contributed by atoms with E-state index in [0.29, 0.717) is 23.4 Å². The van der Waals surface area contributed by atoms with E-state index in [9.17, 15) is 0 Å². The second-order valence-corrected chi connectivity index (χ2v) is 5.16. The lowest BCUT2D eigenvalue weighted by molar-refractivity contribution is -0.0124. The predicted octanol–water partition coefficient (Wildman–Crippen LogP) is 3.72. The van der Waals surface area contributed by atoms with Crippen LogP contribution in [0.25, 0.3) is 0 Å². The monoisotopic (exact) mass is 277 g/mol. The summed E-state index contributed by atoms with van der Waals surface area (Å²) in [6.45, 7) is 5.09. The van der Waals surface area contributed by atoms with Gasteiger partial charge in [-0.15, -0.1) is 0 Å². The zero-order chi connectivity index (χ0) is 12.9. The predicted molar refractivity (Wildman–Crippen MR) is 69.6 cm³/mol. The van der Waals surface area contributed by atoms with Crippen molar-refractivity contribution in [2.75, 3.05) is 13.7 Å². The number of pyridine rings is 1. The molecule has 0 radical (unpaired) electrons. The lowest BCUT2D eigenvalue weighted by atomic mass is 10.1. The van der Waals surface area contributed by atoms with E-state index >= 15 is 0 Å². The molecule has 0 atom stereocenters. The summed E-state index contributed by atoms with van der Waals surface area (Å²) in [4.78, 5) is 3.96. The van der Waals surface area contributed by atoms with Gasteiger partial charge in [-0.05, 0) is 26.3 Å². The minimum absolute atomic E-state index is 0.165. The van der Waals surface area contributed by atoms with Gasteiger partial charge < -0.3 is 9.47 Å². The Hall–Kier alpha value is -0.350. The average molecular weight is 278 g/mol. The summed E-state index contributed by atoms with van der Waals surface area (Å²) in [6.07, 6.45) is 2.45. The molecule has 0 saturated heterocycles. The Labute approximate surface area is 112 Å². The second kappa shape index (κ2) is 6.55. The Morgan fingerprint density at radius 3 is 2.65 bits per heavy atom. The quantitative estimate of drug-likeness (QED) is 0.587. The molecule has 1 aromatic rings. The first-order valence-corrected chi connectivity index (χ1v) is 6.13. The number of rotatable bonds is 6. The molecule has 0 unspecified atom stereocenters. The minimum atomic E-state index is -0.165. The number of halogens is 2. The summed E-state index contributed by atoms with van der Waals surface area (Å²) in [7, 11) is 1.69. The molecule has 0 spiro atoms. The summed E-state index contributed by atoms with van der Waals surface area (Å²) >= 11 is 11.7. The summed E-state index contributed by atoms with van der Waals surface area (Å²) in [5, 5.41) is 0.968. The number of hydrogen-bond acceptors (Lipinski definition) is 3. The minimum Gasteiger partial charge on any atom is -0.379 e. The molecule has 17 heavy (non-hydrogen) atoms. The van der Waals surface area contributed by atoms with E-state index in [1.807, 2.05) is 13.8 Å². The number of hydrogen-bond donors (Lipinski definition) is 0. The fourth-order valence-electron chi connectivity index (χ4n) is 1.14. The van der Waals surface area contributed by atoms with Gasteiger partial charge in [-0.3, -0.25) is 0 Å². The Balaban J connectivity index is 2.36. The number of ether oxygens (including phenoxy) is 2. The van der Waals surface area contributed by atoms with E-state index < -0.39 is 0 Å². The van der Waals surface area contributed by atoms with Gasteiger partial charge in [0.25, 0.3) is 0 Å². The SMILES string of the molecule is COC(C)(C)CCOCc1cnc(Cl)cc1Cl. The first-order chi connectivity index (χ1) is 7.94. The van der Waals surface area contributed by atoms with Gasteiger partial charge in [0, 0.05) is 25.5 Å². The van der Waals surface area contributed by atoms with Gasteiger partial charge >= 0.3 is 0 Å². The molecule has 0 aliphatic heterocycles. The highest BCUT2D eigenvalue weighted by Crippen LogP contribution is 2.20. The van der Waals surface area contributed by atoms with E-state index in [0.717, 1.165) is 12.0 Å². The first-order valence-electron chi connectivity index (χ1n) is 5.37. The summed E-state index contributed by atoms with van der Waals surface area (Å²) in [6, 6.07) is 1.61. The fourth-order valence-corrected chi connectivity index (χ4v) is 1.56. The topological polar surface area (TPSA) is 31.4 Å². The van der Waals surface area contributed by atoms with Crippen molar-refractivity contribution < 1.29 is 9.47 Å². The van der Waals surface area contributed by atoms with Gasteiger partial charge in [-0.1, -0.05) is 23.2 Å². The molecule has 0 bridgehead atoms. The third kappa shape index (κ3) is 5.21. The maximum absolute atomic E-state index is 6.00. The lowest BCUT2D eigenvalue weighted by Gasteiger charge is -2.22. The van der Waals surface area contributed by atoms with Crippen LogP contribution >= 0.6 is 23.2 Å². The van der Waals surface area contributed by atoms with Crippen molar-refractivity contribution in [1.82, 2.24) is 4.98 Å². The molecule has 1 rings (SSSR count). The zero-order valence-corrected chi connectivity index (χ0v) is 11.8. The molecule has 1 heterocycles. The molecule has 0 N–H and O–H groups in total. The van der Waals surface area contributed by atoms with Crippen molar-refractivity contribution in [3.05, 3.63) is 28.0 Å². The summed E-state index contributed by atoms with van der Waals surface area (Å²) in [5.41, 5.74) is 0.675. The van der Waals surface area contributed by atoms with Gasteiger partial charge in [0.05, 0.1) is 17.2 Å². The van der Waals surface area contributed by atoms with E-state index in [4.69, 9.17) is 32.7 Å². The molecule has 5 heteroatoms. The van der Waals surface area contributed by atoms with Crippen LogP contribution in [0.5, 0.6) is 0 Å². The molecule has 0 aliphatic carbocycles. The molecule has 0 fully saturated rings. The van der Waals surface area contributed by atoms with Crippen molar-refractivity contribution in [3.63, 3.8) is 0 Å². The molecule has 0 saturated carbocycles. The maximum Gasteiger partial charge on any atom is 0.130 e. The zero-order valence-electron chi connectivity index (χ0n) is 10.3. The third-order valence-corrected chi connectivity index (χ3v) is 3.11. The first kappa shape index (κ1) is 14.7. The van der Waals surface area contributed by atoms with Crippen molar-refractivity contribution in [1.29, 1.82) is 0 Å². The lowest BCUT2D eigenvalue weighted by Crippen LogP contribution is -2.24. The van der Waals surface area contributed by atoms with Crippen LogP contribution in [0.3, 0.4) is 0 Å². The van der Waals surface area contributed by atoms with Crippen molar-refractivity contribution in [2.24, 2.45) is 0 Å². The second-order valence-electron chi connectivity index (χ2n) is 4.36. The van der Waals surface area contributed by atoms with Crippen LogP contribution in [0.1, 0.15) is 25.8 Å². The maximum atomic E-state index is 6.00. The van der Waals surface area contributed by atoms with Crippen LogP contribution < -0.4 is 0 Å². The van der Waals surface area contributed by atoms with Crippen LogP contribution in [0.15, 0.2) is 12.3 Å². The van der Waals surface area contributed by atoms with Gasteiger partial charge in [0.15, 0.2) is 0 Å². The molecule has 0 aliphatic rings. The highest BCUT2D eigenvalue weighted by Gasteiger charge is 2.15. The van der Waals surface area contributed by atoms with Gasteiger partial charge in [0.2, 0.25) is 0 Å². The van der Waals surface area contributed by atoms with E-state index in [1.54, 1.807) is 19.4 Å². The Kier molecular flexibility index (Phi) is 5.67. The Morgan fingerprint density at radius 2 is 2.06 bits per heavy atom. The molecule has 96 valence electrons. The fraction of sp³-hybridized carbons (Fsp3) is 0.583. The molecule has 0 aromatic carbocycles. The van der Waals surface area contributed by atoms with Crippen LogP contribution in [0, 0.1) is 0 Å². The number of aromatic nitrogens is 1. The van der Waals surface area contributed by atoms with E-state index in [2.05, 4.69) is 4.98 Å². The molecule has 3 nitrogen and oxygen atoms in total. The molecule has 0 amide bonds. The summed E-state index contributed by atoms with van der Waals surface area (Å²) < 4.78 is 10.8. The van der Waals surface area contributed by atoms with Crippen LogP contribution in [0.2, 0.25) is 10.2 Å². The standard InChI is InChI=1S/C12H17Cl2NO2/c1-12(2,16-3)4-5-17-8-9-7-15-11(14)6-10(9)13/h6-7H,4-5,8H2,1-3H3. The highest BCUT2D eigenvalue weighted by molar-refractivity contribution is 6.34. The largest absolute Gasteiger partial charge is 0.379 e. The van der Waals surface area contributed by atoms with Crippen LogP contribution in [-0.4, -0.2) is 24.3 Å². The highest BCUT2D eigenvalue weighted by atomic mass is 35.5. The van der Waals surface area contributed by atoms with Crippen molar-refractivity contribution >= 4 is 23.2 Å². The van der Waals surface area contributed by atoms with Crippen LogP contribution in [-0.2, 0) is 16.1 Å². The Morgan fingerprint density at radius 1 is 1.35 bits per heavy atom. The van der Waals surface area contributed by atoms with Gasteiger partial charge in [-0.2, -0.15) is 0 Å². The molecular formula is C12H17Cl2NO2. The van der Waals surface area contributed by atoms with E-state index in [1.165, 1.54) is 0 Å². The summed E-state index contributed by atoms with van der Waals surface area (Å²) in [5.74, 6) is 0. The number of nitrogens with zero attached hydrogens (tertiary/aromatic N) is 1. The van der Waals surface area contributed by atoms with Crippen molar-refractivity contribution in [2.45, 2.75) is 32.5 Å². The average Bonchev–Trinajstić information content (AvgIpc) is 2.27. The smallest absolute Gasteiger partial charge is 0.130 e. The Bertz CT molecular complexity index is 370. The molecule has 1 aromatic heterocycles. The van der Waals surface area contributed by atoms with Crippen LogP contribution in [0.4, 0.5) is 0 Å². The van der Waals surface area contributed by atoms with E-state index in [-0.39, 0.29) is 5.60 Å². The third-order valence-electron chi connectivity index (χ3n) is 2.55. The van der Waals surface area contributed by atoms with Gasteiger partial charge in [0.1, 0.15) is 5.15 Å². The molecular weight excluding hydrogens is 261 g/mol. The normalized spacial score (nSPS) is 11.8. The number of methoxy groups -OCH3 is 1. The van der Waals surface area contributed by atoms with Crippen molar-refractivity contribution in [3.8, 4) is 0 Å².